The fourth-order valence-electron chi connectivity index (χ4n) is 2.23. The third-order valence-corrected chi connectivity index (χ3v) is 2.94. The predicted molar refractivity (Wildman–Crippen MR) is 47.7 cm³/mol. The first-order valence-electron chi connectivity index (χ1n) is 4.67. The number of nitrogens with zero attached hydrogens (tertiary/aromatic N) is 1. The summed E-state index contributed by atoms with van der Waals surface area (Å²) in [5, 5.41) is 0. The summed E-state index contributed by atoms with van der Waals surface area (Å²) >= 11 is 0. The van der Waals surface area contributed by atoms with Gasteiger partial charge in [-0.15, -0.1) is 0 Å². The van der Waals surface area contributed by atoms with Crippen LogP contribution in [0.4, 0.5) is 0 Å². The molecule has 0 aromatic rings. The summed E-state index contributed by atoms with van der Waals surface area (Å²) in [5.74, 6) is 0.303. The fraction of sp³-hybridized carbons (Fsp3) is 0.700. The van der Waals surface area contributed by atoms with Crippen molar-refractivity contribution in [1.29, 1.82) is 0 Å². The smallest absolute Gasteiger partial charge is 0.250 e. The standard InChI is InChI=1S/C10H15NO/c1-7(2)9-6-8-4-3-5-11(8)10(9)12/h8H,3-6H2,1-2H3. The second-order valence-corrected chi connectivity index (χ2v) is 3.98. The number of amides is 1. The van der Waals surface area contributed by atoms with Crippen LogP contribution < -0.4 is 0 Å². The van der Waals surface area contributed by atoms with E-state index in [-0.39, 0.29) is 0 Å². The molecular formula is C10H15NO. The van der Waals surface area contributed by atoms with Crippen LogP contribution in [0.15, 0.2) is 11.1 Å². The quantitative estimate of drug-likeness (QED) is 0.500. The summed E-state index contributed by atoms with van der Waals surface area (Å²) < 4.78 is 0. The molecular weight excluding hydrogens is 150 g/mol. The minimum absolute atomic E-state index is 0.303. The highest BCUT2D eigenvalue weighted by molar-refractivity contribution is 5.97. The van der Waals surface area contributed by atoms with Gasteiger partial charge in [0.25, 0.3) is 0 Å². The molecule has 66 valence electrons. The van der Waals surface area contributed by atoms with Crippen LogP contribution in [0.2, 0.25) is 0 Å². The van der Waals surface area contributed by atoms with E-state index in [0.29, 0.717) is 11.9 Å². The van der Waals surface area contributed by atoms with Crippen LogP contribution in [0.5, 0.6) is 0 Å². The second kappa shape index (κ2) is 2.61. The van der Waals surface area contributed by atoms with E-state index < -0.39 is 0 Å². The number of carbonyl (C=O) groups excluding carboxylic acids is 1. The van der Waals surface area contributed by atoms with E-state index >= 15 is 0 Å². The summed E-state index contributed by atoms with van der Waals surface area (Å²) in [6.07, 6.45) is 3.41. The molecule has 0 saturated carbocycles. The third-order valence-electron chi connectivity index (χ3n) is 2.94. The van der Waals surface area contributed by atoms with Gasteiger partial charge in [0.15, 0.2) is 0 Å². The predicted octanol–water partition coefficient (Wildman–Crippen LogP) is 1.72. The highest BCUT2D eigenvalue weighted by Gasteiger charge is 2.38. The normalized spacial score (nSPS) is 28.2. The zero-order chi connectivity index (χ0) is 8.72. The van der Waals surface area contributed by atoms with Crippen LogP contribution in [-0.2, 0) is 4.79 Å². The average Bonchev–Trinajstić information content (AvgIpc) is 2.53. The molecule has 0 radical (unpaired) electrons. The molecule has 1 unspecified atom stereocenters. The molecule has 0 spiro atoms. The number of rotatable bonds is 0. The Bertz CT molecular complexity index is 251. The van der Waals surface area contributed by atoms with Gasteiger partial charge in [-0.2, -0.15) is 0 Å². The number of carbonyl (C=O) groups is 1. The summed E-state index contributed by atoms with van der Waals surface area (Å²) in [7, 11) is 0. The van der Waals surface area contributed by atoms with Crippen LogP contribution in [0.1, 0.15) is 33.1 Å². The van der Waals surface area contributed by atoms with Gasteiger partial charge >= 0.3 is 0 Å². The third kappa shape index (κ3) is 0.977. The molecule has 0 bridgehead atoms. The maximum atomic E-state index is 11.7. The number of fused-ring (bicyclic) bond motifs is 1. The molecule has 0 aromatic carbocycles. The van der Waals surface area contributed by atoms with Crippen molar-refractivity contribution in [1.82, 2.24) is 4.90 Å². The van der Waals surface area contributed by atoms with Crippen molar-refractivity contribution in [3.63, 3.8) is 0 Å². The maximum Gasteiger partial charge on any atom is 0.250 e. The number of hydrogen-bond donors (Lipinski definition) is 0. The molecule has 2 rings (SSSR count). The molecule has 2 aliphatic rings. The van der Waals surface area contributed by atoms with E-state index in [1.165, 1.54) is 18.4 Å². The number of hydrogen-bond acceptors (Lipinski definition) is 1. The van der Waals surface area contributed by atoms with Crippen molar-refractivity contribution < 1.29 is 4.79 Å². The van der Waals surface area contributed by atoms with Crippen LogP contribution in [-0.4, -0.2) is 23.4 Å². The van der Waals surface area contributed by atoms with Gasteiger partial charge in [0, 0.05) is 18.2 Å². The molecule has 1 atom stereocenters. The molecule has 1 amide bonds. The van der Waals surface area contributed by atoms with Gasteiger partial charge in [0.05, 0.1) is 0 Å². The Morgan fingerprint density at radius 1 is 1.50 bits per heavy atom. The monoisotopic (exact) mass is 165 g/mol. The minimum Gasteiger partial charge on any atom is -0.336 e. The van der Waals surface area contributed by atoms with Crippen molar-refractivity contribution in [2.75, 3.05) is 6.54 Å². The van der Waals surface area contributed by atoms with Crippen LogP contribution in [0.25, 0.3) is 0 Å². The van der Waals surface area contributed by atoms with Crippen LogP contribution in [0, 0.1) is 0 Å². The van der Waals surface area contributed by atoms with Crippen molar-refractivity contribution in [2.24, 2.45) is 0 Å². The van der Waals surface area contributed by atoms with Crippen LogP contribution >= 0.6 is 0 Å². The molecule has 2 aliphatic heterocycles. The highest BCUT2D eigenvalue weighted by Crippen LogP contribution is 2.33. The van der Waals surface area contributed by atoms with E-state index in [1.54, 1.807) is 0 Å². The molecule has 2 heterocycles. The molecule has 2 heteroatoms. The molecule has 0 aromatic heterocycles. The lowest BCUT2D eigenvalue weighted by Crippen LogP contribution is -2.27. The molecule has 2 nitrogen and oxygen atoms in total. The van der Waals surface area contributed by atoms with E-state index in [0.717, 1.165) is 18.5 Å². The molecule has 2 fully saturated rings. The lowest BCUT2D eigenvalue weighted by molar-refractivity contribution is -0.125. The van der Waals surface area contributed by atoms with Crippen molar-refractivity contribution in [3.8, 4) is 0 Å². The summed E-state index contributed by atoms with van der Waals surface area (Å²) in [4.78, 5) is 13.7. The zero-order valence-corrected chi connectivity index (χ0v) is 7.76. The SMILES string of the molecule is CC(C)=C1CC2CCCN2C1=O. The maximum absolute atomic E-state index is 11.7. The molecule has 0 aliphatic carbocycles. The molecule has 2 saturated heterocycles. The Labute approximate surface area is 73.2 Å². The second-order valence-electron chi connectivity index (χ2n) is 3.98. The first-order valence-corrected chi connectivity index (χ1v) is 4.67. The van der Waals surface area contributed by atoms with E-state index in [9.17, 15) is 4.79 Å². The first-order chi connectivity index (χ1) is 5.70. The van der Waals surface area contributed by atoms with Crippen LogP contribution in [0.3, 0.4) is 0 Å². The average molecular weight is 165 g/mol. The summed E-state index contributed by atoms with van der Waals surface area (Å²) in [6, 6.07) is 0.544. The fourth-order valence-corrected chi connectivity index (χ4v) is 2.23. The Morgan fingerprint density at radius 3 is 2.83 bits per heavy atom. The molecule has 12 heavy (non-hydrogen) atoms. The molecule has 0 N–H and O–H groups in total. The van der Waals surface area contributed by atoms with Crippen molar-refractivity contribution in [3.05, 3.63) is 11.1 Å². The van der Waals surface area contributed by atoms with Crippen molar-refractivity contribution >= 4 is 5.91 Å². The Balaban J connectivity index is 2.27. The Morgan fingerprint density at radius 2 is 2.25 bits per heavy atom. The van der Waals surface area contributed by atoms with E-state index in [4.69, 9.17) is 0 Å². The van der Waals surface area contributed by atoms with Gasteiger partial charge in [-0.05, 0) is 33.1 Å². The largest absolute Gasteiger partial charge is 0.336 e. The zero-order valence-electron chi connectivity index (χ0n) is 7.76. The minimum atomic E-state index is 0.303. The van der Waals surface area contributed by atoms with Crippen molar-refractivity contribution in [2.45, 2.75) is 39.2 Å². The first kappa shape index (κ1) is 7.84. The van der Waals surface area contributed by atoms with Gasteiger partial charge < -0.3 is 4.90 Å². The van der Waals surface area contributed by atoms with Gasteiger partial charge in [0.1, 0.15) is 0 Å². The summed E-state index contributed by atoms with van der Waals surface area (Å²) in [5.41, 5.74) is 2.27. The topological polar surface area (TPSA) is 20.3 Å². The van der Waals surface area contributed by atoms with Gasteiger partial charge in [-0.25, -0.2) is 0 Å². The highest BCUT2D eigenvalue weighted by atomic mass is 16.2. The lowest BCUT2D eigenvalue weighted by atomic mass is 10.1. The van der Waals surface area contributed by atoms with E-state index in [1.807, 2.05) is 18.7 Å². The van der Waals surface area contributed by atoms with Gasteiger partial charge in [0.2, 0.25) is 5.91 Å². The summed E-state index contributed by atoms with van der Waals surface area (Å²) in [6.45, 7) is 5.06. The lowest BCUT2D eigenvalue weighted by Gasteiger charge is -2.12. The Hall–Kier alpha value is -0.790. The Kier molecular flexibility index (Phi) is 1.71. The van der Waals surface area contributed by atoms with Gasteiger partial charge in [-0.3, -0.25) is 4.79 Å². The van der Waals surface area contributed by atoms with E-state index in [2.05, 4.69) is 0 Å². The number of allylic oxidation sites excluding steroid dienone is 1. The van der Waals surface area contributed by atoms with Gasteiger partial charge in [-0.1, -0.05) is 5.57 Å².